The number of amides is 1. The van der Waals surface area contributed by atoms with Gasteiger partial charge in [-0.3, -0.25) is 4.79 Å². The molecular formula is C25H16Cl2F2N2O3. The molecule has 1 amide bonds. The topological polar surface area (TPSA) is 79.3 Å². The molecule has 0 fully saturated rings. The molecule has 0 bridgehead atoms. The van der Waals surface area contributed by atoms with Crippen molar-refractivity contribution < 1.29 is 23.5 Å². The molecule has 0 saturated heterocycles. The fraction of sp³-hybridized carbons (Fsp3) is 0.0800. The third-order valence-corrected chi connectivity index (χ3v) is 6.10. The van der Waals surface area contributed by atoms with Crippen molar-refractivity contribution in [3.8, 4) is 11.3 Å². The summed E-state index contributed by atoms with van der Waals surface area (Å²) < 4.78 is 28.1. The van der Waals surface area contributed by atoms with Crippen LogP contribution in [0.1, 0.15) is 22.8 Å². The Morgan fingerprint density at radius 3 is 2.18 bits per heavy atom. The van der Waals surface area contributed by atoms with Crippen molar-refractivity contribution in [2.75, 3.05) is 0 Å². The van der Waals surface area contributed by atoms with Crippen LogP contribution in [0.5, 0.6) is 0 Å². The summed E-state index contributed by atoms with van der Waals surface area (Å²) in [5.41, 5.74) is -1.05. The van der Waals surface area contributed by atoms with E-state index in [1.165, 1.54) is 19.1 Å². The molecule has 1 aromatic heterocycles. The van der Waals surface area contributed by atoms with E-state index >= 15 is 0 Å². The zero-order valence-electron chi connectivity index (χ0n) is 17.6. The molecule has 172 valence electrons. The first kappa shape index (κ1) is 23.6. The van der Waals surface area contributed by atoms with Crippen LogP contribution in [0, 0.1) is 11.6 Å². The van der Waals surface area contributed by atoms with Crippen molar-refractivity contribution >= 4 is 46.0 Å². The van der Waals surface area contributed by atoms with E-state index in [0.29, 0.717) is 32.2 Å². The quantitative estimate of drug-likeness (QED) is 0.341. The predicted molar refractivity (Wildman–Crippen MR) is 126 cm³/mol. The van der Waals surface area contributed by atoms with Crippen LogP contribution in [0.25, 0.3) is 22.2 Å². The molecule has 2 N–H and O–H groups in total. The fourth-order valence-corrected chi connectivity index (χ4v) is 4.16. The number of rotatable bonds is 5. The smallest absolute Gasteiger partial charge is 0.333 e. The number of hydrogen-bond acceptors (Lipinski definition) is 3. The monoisotopic (exact) mass is 500 g/mol. The van der Waals surface area contributed by atoms with Crippen LogP contribution in [0.3, 0.4) is 0 Å². The Hall–Kier alpha value is -3.55. The van der Waals surface area contributed by atoms with Gasteiger partial charge in [-0.2, -0.15) is 0 Å². The summed E-state index contributed by atoms with van der Waals surface area (Å²) in [7, 11) is 0. The summed E-state index contributed by atoms with van der Waals surface area (Å²) in [6.07, 6.45) is 0. The number of halogens is 4. The molecule has 5 nitrogen and oxygen atoms in total. The molecule has 1 atom stereocenters. The van der Waals surface area contributed by atoms with Gasteiger partial charge >= 0.3 is 5.97 Å². The lowest BCUT2D eigenvalue weighted by Gasteiger charge is -2.27. The molecule has 34 heavy (non-hydrogen) atoms. The van der Waals surface area contributed by atoms with E-state index < -0.39 is 34.6 Å². The molecule has 4 aromatic rings. The van der Waals surface area contributed by atoms with Crippen molar-refractivity contribution in [1.29, 1.82) is 0 Å². The zero-order chi connectivity index (χ0) is 24.6. The van der Waals surface area contributed by atoms with E-state index in [-0.39, 0.29) is 5.56 Å². The minimum Gasteiger partial charge on any atom is -0.479 e. The zero-order valence-corrected chi connectivity index (χ0v) is 19.1. The number of carboxylic acid groups (broad SMARTS) is 1. The summed E-state index contributed by atoms with van der Waals surface area (Å²) in [4.78, 5) is 29.3. The third-order valence-electron chi connectivity index (χ3n) is 5.47. The van der Waals surface area contributed by atoms with Gasteiger partial charge in [-0.25, -0.2) is 18.6 Å². The van der Waals surface area contributed by atoms with E-state index in [9.17, 15) is 23.5 Å². The van der Waals surface area contributed by atoms with E-state index in [4.69, 9.17) is 23.2 Å². The van der Waals surface area contributed by atoms with Crippen molar-refractivity contribution in [3.05, 3.63) is 99.5 Å². The molecule has 1 unspecified atom stereocenters. The SMILES string of the molecule is CC(NC(=O)c1c(F)cccc1F)(C(=O)O)c1ccc2nc(-c3c(Cl)cccc3Cl)ccc2c1. The van der Waals surface area contributed by atoms with Crippen LogP contribution < -0.4 is 5.32 Å². The molecular weight excluding hydrogens is 485 g/mol. The number of carbonyl (C=O) groups is 2. The predicted octanol–water partition coefficient (Wildman–Crippen LogP) is 6.22. The molecule has 4 rings (SSSR count). The molecule has 0 aliphatic carbocycles. The molecule has 3 aromatic carbocycles. The maximum absolute atomic E-state index is 14.0. The van der Waals surface area contributed by atoms with Crippen LogP contribution >= 0.6 is 23.2 Å². The minimum absolute atomic E-state index is 0.183. The molecule has 0 aliphatic heterocycles. The van der Waals surface area contributed by atoms with Crippen LogP contribution in [-0.4, -0.2) is 22.0 Å². The lowest BCUT2D eigenvalue weighted by atomic mass is 9.90. The van der Waals surface area contributed by atoms with Gasteiger partial charge in [0.1, 0.15) is 17.2 Å². The fourth-order valence-electron chi connectivity index (χ4n) is 3.57. The standard InChI is InChI=1S/C25H16Cl2F2N2O3/c1-25(24(33)34,31-23(32)22-17(28)6-3-7-18(22)29)14-9-11-19-13(12-14)8-10-20(30-19)21-15(26)4-2-5-16(21)27/h2-12H,1H3,(H,31,32)(H,33,34). The maximum Gasteiger partial charge on any atom is 0.333 e. The van der Waals surface area contributed by atoms with Crippen molar-refractivity contribution in [1.82, 2.24) is 10.3 Å². The highest BCUT2D eigenvalue weighted by molar-refractivity contribution is 6.39. The van der Waals surface area contributed by atoms with Gasteiger partial charge in [0.2, 0.25) is 0 Å². The Labute approximate surface area is 203 Å². The largest absolute Gasteiger partial charge is 0.479 e. The van der Waals surface area contributed by atoms with Crippen LogP contribution in [0.4, 0.5) is 8.78 Å². The van der Waals surface area contributed by atoms with Crippen LogP contribution in [0.2, 0.25) is 10.0 Å². The number of aromatic nitrogens is 1. The third kappa shape index (κ3) is 4.20. The first-order chi connectivity index (χ1) is 16.1. The summed E-state index contributed by atoms with van der Waals surface area (Å²) in [5, 5.41) is 13.6. The summed E-state index contributed by atoms with van der Waals surface area (Å²) in [6, 6.07) is 16.0. The van der Waals surface area contributed by atoms with Gasteiger partial charge in [0.25, 0.3) is 5.91 Å². The van der Waals surface area contributed by atoms with Gasteiger partial charge < -0.3 is 10.4 Å². The maximum atomic E-state index is 14.0. The molecule has 0 aliphatic rings. The van der Waals surface area contributed by atoms with Crippen LogP contribution in [-0.2, 0) is 10.3 Å². The number of hydrogen-bond donors (Lipinski definition) is 2. The lowest BCUT2D eigenvalue weighted by molar-refractivity contribution is -0.144. The highest BCUT2D eigenvalue weighted by Crippen LogP contribution is 2.35. The second-order valence-electron chi connectivity index (χ2n) is 7.68. The second kappa shape index (κ2) is 9.00. The minimum atomic E-state index is -1.98. The number of fused-ring (bicyclic) bond motifs is 1. The Balaban J connectivity index is 1.74. The van der Waals surface area contributed by atoms with E-state index in [1.807, 2.05) is 0 Å². The highest BCUT2D eigenvalue weighted by Gasteiger charge is 2.38. The number of benzene rings is 3. The molecule has 1 heterocycles. The number of pyridine rings is 1. The van der Waals surface area contributed by atoms with Gasteiger partial charge in [-0.15, -0.1) is 0 Å². The van der Waals surface area contributed by atoms with Crippen LogP contribution in [0.15, 0.2) is 66.7 Å². The second-order valence-corrected chi connectivity index (χ2v) is 8.50. The normalized spacial score (nSPS) is 12.9. The lowest BCUT2D eigenvalue weighted by Crippen LogP contribution is -2.50. The first-order valence-corrected chi connectivity index (χ1v) is 10.7. The average Bonchev–Trinajstić information content (AvgIpc) is 2.78. The summed E-state index contributed by atoms with van der Waals surface area (Å²) in [6.45, 7) is 1.23. The van der Waals surface area contributed by atoms with Gasteiger partial charge in [0.15, 0.2) is 5.54 Å². The van der Waals surface area contributed by atoms with E-state index in [2.05, 4.69) is 10.3 Å². The molecule has 9 heteroatoms. The number of aliphatic carboxylic acids is 1. The van der Waals surface area contributed by atoms with Gasteiger partial charge in [-0.05, 0) is 55.0 Å². The Morgan fingerprint density at radius 2 is 1.56 bits per heavy atom. The highest BCUT2D eigenvalue weighted by atomic mass is 35.5. The van der Waals surface area contributed by atoms with Crippen molar-refractivity contribution in [2.24, 2.45) is 0 Å². The van der Waals surface area contributed by atoms with E-state index in [0.717, 1.165) is 18.2 Å². The first-order valence-electron chi connectivity index (χ1n) is 9.97. The average molecular weight is 501 g/mol. The van der Waals surface area contributed by atoms with Gasteiger partial charge in [0.05, 0.1) is 21.3 Å². The molecule has 0 spiro atoms. The summed E-state index contributed by atoms with van der Waals surface area (Å²) in [5.74, 6) is -4.80. The number of nitrogens with one attached hydrogen (secondary N) is 1. The van der Waals surface area contributed by atoms with Gasteiger partial charge in [0, 0.05) is 10.9 Å². The number of nitrogens with zero attached hydrogens (tertiary/aromatic N) is 1. The number of carboxylic acids is 1. The van der Waals surface area contributed by atoms with E-state index in [1.54, 1.807) is 36.4 Å². The Kier molecular flexibility index (Phi) is 6.25. The molecule has 0 saturated carbocycles. The van der Waals surface area contributed by atoms with Gasteiger partial charge in [-0.1, -0.05) is 47.5 Å². The Bertz CT molecular complexity index is 1420. The molecule has 0 radical (unpaired) electrons. The number of carbonyl (C=O) groups excluding carboxylic acids is 1. The van der Waals surface area contributed by atoms with Crippen molar-refractivity contribution in [2.45, 2.75) is 12.5 Å². The van der Waals surface area contributed by atoms with Crippen molar-refractivity contribution in [3.63, 3.8) is 0 Å². The Morgan fingerprint density at radius 1 is 0.941 bits per heavy atom. The summed E-state index contributed by atoms with van der Waals surface area (Å²) >= 11 is 12.5.